The van der Waals surface area contributed by atoms with E-state index in [9.17, 15) is 4.79 Å². The van der Waals surface area contributed by atoms with E-state index in [1.165, 1.54) is 6.42 Å². The van der Waals surface area contributed by atoms with Gasteiger partial charge in [0.15, 0.2) is 0 Å². The van der Waals surface area contributed by atoms with Crippen molar-refractivity contribution in [2.75, 3.05) is 6.26 Å². The second kappa shape index (κ2) is 5.41. The molecule has 0 heterocycles. The second-order valence-corrected chi connectivity index (χ2v) is 6.22. The van der Waals surface area contributed by atoms with E-state index in [4.69, 9.17) is 5.73 Å². The van der Waals surface area contributed by atoms with Crippen molar-refractivity contribution in [2.45, 2.75) is 55.9 Å². The highest BCUT2D eigenvalue weighted by Gasteiger charge is 2.33. The maximum absolute atomic E-state index is 12.0. The molecule has 2 aliphatic rings. The normalized spacial score (nSPS) is 38.9. The van der Waals surface area contributed by atoms with E-state index in [-0.39, 0.29) is 17.9 Å². The lowest BCUT2D eigenvalue weighted by molar-refractivity contribution is -0.125. The summed E-state index contributed by atoms with van der Waals surface area (Å²) in [6.45, 7) is 0. The quantitative estimate of drug-likeness (QED) is 0.789. The Kier molecular flexibility index (Phi) is 4.14. The topological polar surface area (TPSA) is 55.1 Å². The Morgan fingerprint density at radius 1 is 1.31 bits per heavy atom. The summed E-state index contributed by atoms with van der Waals surface area (Å²) < 4.78 is 0. The van der Waals surface area contributed by atoms with Crippen molar-refractivity contribution >= 4 is 17.7 Å². The van der Waals surface area contributed by atoms with Crippen LogP contribution in [-0.2, 0) is 4.79 Å². The van der Waals surface area contributed by atoms with Crippen molar-refractivity contribution in [1.29, 1.82) is 0 Å². The molecule has 0 aliphatic heterocycles. The molecule has 0 spiro atoms. The molecule has 2 rings (SSSR count). The van der Waals surface area contributed by atoms with Crippen LogP contribution in [-0.4, -0.2) is 29.5 Å². The Hall–Kier alpha value is -0.220. The molecule has 92 valence electrons. The van der Waals surface area contributed by atoms with Gasteiger partial charge < -0.3 is 11.1 Å². The Labute approximate surface area is 102 Å². The van der Waals surface area contributed by atoms with Crippen molar-refractivity contribution in [1.82, 2.24) is 5.32 Å². The van der Waals surface area contributed by atoms with Gasteiger partial charge in [-0.3, -0.25) is 4.79 Å². The Morgan fingerprint density at radius 3 is 2.69 bits per heavy atom. The minimum atomic E-state index is 0.0772. The van der Waals surface area contributed by atoms with Gasteiger partial charge in [0.25, 0.3) is 0 Å². The Bertz CT molecular complexity index is 259. The van der Waals surface area contributed by atoms with Crippen LogP contribution in [0.15, 0.2) is 0 Å². The predicted molar refractivity (Wildman–Crippen MR) is 68.4 cm³/mol. The molecular formula is C12H22N2OS. The predicted octanol–water partition coefficient (Wildman–Crippen LogP) is 1.51. The van der Waals surface area contributed by atoms with Gasteiger partial charge in [0, 0.05) is 17.3 Å². The average molecular weight is 242 g/mol. The third kappa shape index (κ3) is 2.72. The van der Waals surface area contributed by atoms with Gasteiger partial charge in [-0.1, -0.05) is 6.42 Å². The summed E-state index contributed by atoms with van der Waals surface area (Å²) in [5, 5.41) is 3.92. The smallest absolute Gasteiger partial charge is 0.224 e. The van der Waals surface area contributed by atoms with Crippen molar-refractivity contribution in [3.05, 3.63) is 0 Å². The maximum atomic E-state index is 12.0. The van der Waals surface area contributed by atoms with Crippen LogP contribution in [0.25, 0.3) is 0 Å². The minimum absolute atomic E-state index is 0.0772. The molecule has 2 fully saturated rings. The first-order valence-corrected chi connectivity index (χ1v) is 7.58. The van der Waals surface area contributed by atoms with Crippen molar-refractivity contribution in [3.63, 3.8) is 0 Å². The van der Waals surface area contributed by atoms with E-state index in [1.54, 1.807) is 0 Å². The molecule has 3 nitrogen and oxygen atoms in total. The zero-order valence-electron chi connectivity index (χ0n) is 9.95. The van der Waals surface area contributed by atoms with Crippen LogP contribution in [0.2, 0.25) is 0 Å². The number of thioether (sulfide) groups is 1. The van der Waals surface area contributed by atoms with Crippen LogP contribution in [0.4, 0.5) is 0 Å². The molecule has 4 unspecified atom stereocenters. The highest BCUT2D eigenvalue weighted by molar-refractivity contribution is 7.99. The number of hydrogen-bond donors (Lipinski definition) is 2. The molecule has 0 aromatic rings. The molecule has 2 aliphatic carbocycles. The fourth-order valence-electron chi connectivity index (χ4n) is 2.91. The lowest BCUT2D eigenvalue weighted by Gasteiger charge is -2.19. The van der Waals surface area contributed by atoms with Crippen LogP contribution >= 0.6 is 11.8 Å². The van der Waals surface area contributed by atoms with Gasteiger partial charge in [-0.15, -0.1) is 0 Å². The lowest BCUT2D eigenvalue weighted by atomic mass is 10.0. The third-order valence-electron chi connectivity index (χ3n) is 3.97. The summed E-state index contributed by atoms with van der Waals surface area (Å²) in [7, 11) is 0. The summed E-state index contributed by atoms with van der Waals surface area (Å²) in [6.07, 6.45) is 8.76. The molecule has 0 bridgehead atoms. The van der Waals surface area contributed by atoms with Crippen LogP contribution in [0.5, 0.6) is 0 Å². The van der Waals surface area contributed by atoms with Gasteiger partial charge in [0.1, 0.15) is 0 Å². The number of nitrogens with one attached hydrogen (secondary N) is 1. The highest BCUT2D eigenvalue weighted by Crippen LogP contribution is 2.29. The summed E-state index contributed by atoms with van der Waals surface area (Å²) in [4.78, 5) is 12.0. The van der Waals surface area contributed by atoms with E-state index in [0.29, 0.717) is 6.04 Å². The van der Waals surface area contributed by atoms with Crippen LogP contribution in [0.1, 0.15) is 38.5 Å². The summed E-state index contributed by atoms with van der Waals surface area (Å²) in [6, 6.07) is 0.496. The van der Waals surface area contributed by atoms with E-state index >= 15 is 0 Å². The molecule has 16 heavy (non-hydrogen) atoms. The van der Waals surface area contributed by atoms with E-state index in [1.807, 2.05) is 11.8 Å². The number of amides is 1. The van der Waals surface area contributed by atoms with Crippen molar-refractivity contribution in [2.24, 2.45) is 11.7 Å². The number of carbonyl (C=O) groups is 1. The molecule has 0 aromatic carbocycles. The van der Waals surface area contributed by atoms with E-state index in [0.717, 1.165) is 37.4 Å². The van der Waals surface area contributed by atoms with Gasteiger partial charge >= 0.3 is 0 Å². The first kappa shape index (κ1) is 12.2. The number of hydrogen-bond acceptors (Lipinski definition) is 3. The summed E-state index contributed by atoms with van der Waals surface area (Å²) >= 11 is 1.92. The first-order valence-electron chi connectivity index (χ1n) is 6.29. The average Bonchev–Trinajstić information content (AvgIpc) is 2.86. The summed E-state index contributed by atoms with van der Waals surface area (Å²) in [5.74, 6) is 0.282. The van der Waals surface area contributed by atoms with Crippen molar-refractivity contribution in [3.8, 4) is 0 Å². The van der Waals surface area contributed by atoms with Crippen LogP contribution in [0.3, 0.4) is 0 Å². The fraction of sp³-hybridized carbons (Fsp3) is 0.917. The fourth-order valence-corrected chi connectivity index (χ4v) is 3.70. The minimum Gasteiger partial charge on any atom is -0.353 e. The molecule has 0 radical (unpaired) electrons. The maximum Gasteiger partial charge on any atom is 0.224 e. The number of carbonyl (C=O) groups excluding carboxylic acids is 1. The molecule has 3 N–H and O–H groups in total. The molecule has 4 heteroatoms. The number of rotatable bonds is 3. The molecule has 0 saturated heterocycles. The zero-order valence-corrected chi connectivity index (χ0v) is 10.8. The van der Waals surface area contributed by atoms with Crippen LogP contribution in [0, 0.1) is 5.92 Å². The van der Waals surface area contributed by atoms with Crippen LogP contribution < -0.4 is 11.1 Å². The molecule has 1 amide bonds. The third-order valence-corrected chi connectivity index (χ3v) is 5.07. The number of nitrogens with two attached hydrogens (primary N) is 1. The Balaban J connectivity index is 1.79. The lowest BCUT2D eigenvalue weighted by Crippen LogP contribution is -2.42. The van der Waals surface area contributed by atoms with E-state index < -0.39 is 0 Å². The standard InChI is InChI=1S/C12H22N2OS/c1-16-9-6-5-8(7-9)14-12(15)10-3-2-4-11(10)13/h8-11H,2-7,13H2,1H3,(H,14,15). The second-order valence-electron chi connectivity index (χ2n) is 5.08. The SMILES string of the molecule is CSC1CCC(NC(=O)C2CCCC2N)C1. The highest BCUT2D eigenvalue weighted by atomic mass is 32.2. The van der Waals surface area contributed by atoms with Crippen molar-refractivity contribution < 1.29 is 4.79 Å². The molecule has 0 aromatic heterocycles. The van der Waals surface area contributed by atoms with Gasteiger partial charge in [-0.2, -0.15) is 11.8 Å². The van der Waals surface area contributed by atoms with Gasteiger partial charge in [-0.05, 0) is 38.4 Å². The molecular weight excluding hydrogens is 220 g/mol. The van der Waals surface area contributed by atoms with Gasteiger partial charge in [0.05, 0.1) is 5.92 Å². The zero-order chi connectivity index (χ0) is 11.5. The Morgan fingerprint density at radius 2 is 2.12 bits per heavy atom. The van der Waals surface area contributed by atoms with Gasteiger partial charge in [-0.25, -0.2) is 0 Å². The molecule has 2 saturated carbocycles. The monoisotopic (exact) mass is 242 g/mol. The largest absolute Gasteiger partial charge is 0.353 e. The molecule has 4 atom stereocenters. The van der Waals surface area contributed by atoms with E-state index in [2.05, 4.69) is 11.6 Å². The van der Waals surface area contributed by atoms with Gasteiger partial charge in [0.2, 0.25) is 5.91 Å². The first-order chi connectivity index (χ1) is 7.70. The summed E-state index contributed by atoms with van der Waals surface area (Å²) in [5.41, 5.74) is 5.94.